The number of phenolic OH excluding ortho intramolecular Hbond substituents is 2. The molecule has 1 aromatic carbocycles. The number of benzene rings is 1. The molecular formula is C15H23NO3. The maximum absolute atomic E-state index is 9.75. The molecule has 2 atom stereocenters. The summed E-state index contributed by atoms with van der Waals surface area (Å²) in [6.07, 6.45) is 1.29. The molecule has 1 aliphatic carbocycles. The van der Waals surface area contributed by atoms with Crippen LogP contribution in [0.1, 0.15) is 32.8 Å². The second kappa shape index (κ2) is 5.39. The van der Waals surface area contributed by atoms with Gasteiger partial charge in [-0.25, -0.2) is 0 Å². The molecule has 0 aliphatic heterocycles. The molecule has 1 fully saturated rings. The van der Waals surface area contributed by atoms with Gasteiger partial charge in [0.15, 0.2) is 11.5 Å². The highest BCUT2D eigenvalue weighted by Crippen LogP contribution is 2.43. The Kier molecular flexibility index (Phi) is 4.02. The van der Waals surface area contributed by atoms with E-state index in [0.717, 1.165) is 18.6 Å². The van der Waals surface area contributed by atoms with Crippen LogP contribution >= 0.6 is 0 Å². The molecule has 4 heteroatoms. The number of aromatic hydroxyl groups is 2. The van der Waals surface area contributed by atoms with E-state index < -0.39 is 0 Å². The molecule has 0 aromatic heterocycles. The molecule has 2 rings (SSSR count). The highest BCUT2D eigenvalue weighted by Gasteiger charge is 2.48. The summed E-state index contributed by atoms with van der Waals surface area (Å²) in [4.78, 5) is 0. The zero-order valence-corrected chi connectivity index (χ0v) is 11.8. The summed E-state index contributed by atoms with van der Waals surface area (Å²) in [5.74, 6) is -0.104. The van der Waals surface area contributed by atoms with Crippen LogP contribution in [0.25, 0.3) is 0 Å². The molecule has 0 saturated heterocycles. The van der Waals surface area contributed by atoms with Gasteiger partial charge < -0.3 is 20.3 Å². The van der Waals surface area contributed by atoms with Gasteiger partial charge in [0.25, 0.3) is 0 Å². The number of para-hydroxylation sites is 1. The Morgan fingerprint density at radius 2 is 2.11 bits per heavy atom. The van der Waals surface area contributed by atoms with Gasteiger partial charge in [-0.1, -0.05) is 26.0 Å². The number of hydrogen-bond donors (Lipinski definition) is 3. The zero-order valence-electron chi connectivity index (χ0n) is 11.8. The van der Waals surface area contributed by atoms with Gasteiger partial charge in [0.1, 0.15) is 0 Å². The van der Waals surface area contributed by atoms with Crippen LogP contribution in [0.3, 0.4) is 0 Å². The van der Waals surface area contributed by atoms with Crippen LogP contribution in [0, 0.1) is 5.41 Å². The van der Waals surface area contributed by atoms with Crippen LogP contribution in [0.5, 0.6) is 11.5 Å². The highest BCUT2D eigenvalue weighted by atomic mass is 16.5. The summed E-state index contributed by atoms with van der Waals surface area (Å²) in [6.45, 7) is 7.69. The SMILES string of the molecule is CCOC1CC(NCc2cccc(O)c2O)C1(C)C. The molecule has 2 unspecified atom stereocenters. The van der Waals surface area contributed by atoms with E-state index in [0.29, 0.717) is 18.7 Å². The van der Waals surface area contributed by atoms with Gasteiger partial charge in [-0.2, -0.15) is 0 Å². The van der Waals surface area contributed by atoms with E-state index in [1.807, 2.05) is 13.0 Å². The molecule has 1 aliphatic rings. The van der Waals surface area contributed by atoms with Crippen LogP contribution in [0.2, 0.25) is 0 Å². The van der Waals surface area contributed by atoms with Crippen molar-refractivity contribution in [3.63, 3.8) is 0 Å². The fourth-order valence-electron chi connectivity index (χ4n) is 2.67. The van der Waals surface area contributed by atoms with Crippen molar-refractivity contribution in [2.24, 2.45) is 5.41 Å². The van der Waals surface area contributed by atoms with Crippen molar-refractivity contribution in [3.05, 3.63) is 23.8 Å². The Bertz CT molecular complexity index is 445. The summed E-state index contributed by atoms with van der Waals surface area (Å²) in [5.41, 5.74) is 0.818. The Balaban J connectivity index is 1.92. The fraction of sp³-hybridized carbons (Fsp3) is 0.600. The predicted molar refractivity (Wildman–Crippen MR) is 74.2 cm³/mol. The molecule has 0 radical (unpaired) electrons. The molecule has 1 aromatic rings. The largest absolute Gasteiger partial charge is 0.504 e. The standard InChI is InChI=1S/C15H23NO3/c1-4-19-13-8-12(15(13,2)3)16-9-10-6-5-7-11(17)14(10)18/h5-7,12-13,16-18H,4,8-9H2,1-3H3. The Hall–Kier alpha value is -1.26. The van der Waals surface area contributed by atoms with E-state index >= 15 is 0 Å². The van der Waals surface area contributed by atoms with Gasteiger partial charge in [-0.05, 0) is 19.4 Å². The average molecular weight is 265 g/mol. The highest BCUT2D eigenvalue weighted by molar-refractivity contribution is 5.44. The summed E-state index contributed by atoms with van der Waals surface area (Å²) in [5, 5.41) is 22.6. The van der Waals surface area contributed by atoms with Gasteiger partial charge in [0.05, 0.1) is 6.10 Å². The van der Waals surface area contributed by atoms with Gasteiger partial charge in [0, 0.05) is 30.2 Å². The summed E-state index contributed by atoms with van der Waals surface area (Å²) in [6, 6.07) is 5.40. The average Bonchev–Trinajstić information content (AvgIpc) is 2.37. The zero-order chi connectivity index (χ0) is 14.0. The lowest BCUT2D eigenvalue weighted by atomic mass is 9.64. The first-order valence-corrected chi connectivity index (χ1v) is 6.81. The van der Waals surface area contributed by atoms with Crippen molar-refractivity contribution in [2.45, 2.75) is 45.9 Å². The first-order valence-electron chi connectivity index (χ1n) is 6.81. The van der Waals surface area contributed by atoms with Crippen molar-refractivity contribution < 1.29 is 14.9 Å². The van der Waals surface area contributed by atoms with Crippen LogP contribution in [0.15, 0.2) is 18.2 Å². The van der Waals surface area contributed by atoms with E-state index in [1.54, 1.807) is 6.07 Å². The number of ether oxygens (including phenoxy) is 1. The third-order valence-electron chi connectivity index (χ3n) is 4.18. The Morgan fingerprint density at radius 3 is 2.74 bits per heavy atom. The normalized spacial score (nSPS) is 25.0. The topological polar surface area (TPSA) is 61.7 Å². The molecular weight excluding hydrogens is 242 g/mol. The lowest BCUT2D eigenvalue weighted by Gasteiger charge is -2.52. The number of nitrogens with one attached hydrogen (secondary N) is 1. The number of hydrogen-bond acceptors (Lipinski definition) is 4. The Labute approximate surface area is 114 Å². The lowest BCUT2D eigenvalue weighted by molar-refractivity contribution is -0.114. The molecule has 3 N–H and O–H groups in total. The minimum atomic E-state index is -0.0700. The lowest BCUT2D eigenvalue weighted by Crippen LogP contribution is -2.60. The molecule has 0 amide bonds. The molecule has 19 heavy (non-hydrogen) atoms. The van der Waals surface area contributed by atoms with Crippen molar-refractivity contribution >= 4 is 0 Å². The molecule has 0 spiro atoms. The maximum atomic E-state index is 9.75. The summed E-state index contributed by atoms with van der Waals surface area (Å²) >= 11 is 0. The van der Waals surface area contributed by atoms with E-state index in [9.17, 15) is 10.2 Å². The molecule has 4 nitrogen and oxygen atoms in total. The first kappa shape index (κ1) is 14.2. The van der Waals surface area contributed by atoms with Gasteiger partial charge in [-0.3, -0.25) is 0 Å². The van der Waals surface area contributed by atoms with E-state index in [2.05, 4.69) is 19.2 Å². The summed E-state index contributed by atoms with van der Waals surface area (Å²) in [7, 11) is 0. The first-order chi connectivity index (χ1) is 8.96. The van der Waals surface area contributed by atoms with Crippen molar-refractivity contribution in [1.82, 2.24) is 5.32 Å². The maximum Gasteiger partial charge on any atom is 0.161 e. The van der Waals surface area contributed by atoms with Crippen molar-refractivity contribution in [1.29, 1.82) is 0 Å². The molecule has 0 heterocycles. The molecule has 1 saturated carbocycles. The van der Waals surface area contributed by atoms with Crippen molar-refractivity contribution in [3.8, 4) is 11.5 Å². The minimum Gasteiger partial charge on any atom is -0.504 e. The van der Waals surface area contributed by atoms with E-state index in [-0.39, 0.29) is 16.9 Å². The second-order valence-corrected chi connectivity index (χ2v) is 5.72. The van der Waals surface area contributed by atoms with E-state index in [4.69, 9.17) is 4.74 Å². The smallest absolute Gasteiger partial charge is 0.161 e. The van der Waals surface area contributed by atoms with Crippen molar-refractivity contribution in [2.75, 3.05) is 6.61 Å². The van der Waals surface area contributed by atoms with Gasteiger partial charge in [-0.15, -0.1) is 0 Å². The third-order valence-corrected chi connectivity index (χ3v) is 4.18. The second-order valence-electron chi connectivity index (χ2n) is 5.72. The summed E-state index contributed by atoms with van der Waals surface area (Å²) < 4.78 is 5.69. The predicted octanol–water partition coefficient (Wildman–Crippen LogP) is 2.39. The van der Waals surface area contributed by atoms with Crippen LogP contribution in [0.4, 0.5) is 0 Å². The van der Waals surface area contributed by atoms with Gasteiger partial charge >= 0.3 is 0 Å². The monoisotopic (exact) mass is 265 g/mol. The quantitative estimate of drug-likeness (QED) is 0.715. The van der Waals surface area contributed by atoms with Crippen LogP contribution in [-0.2, 0) is 11.3 Å². The molecule has 106 valence electrons. The third kappa shape index (κ3) is 2.69. The van der Waals surface area contributed by atoms with Crippen LogP contribution in [-0.4, -0.2) is 29.0 Å². The number of phenols is 2. The Morgan fingerprint density at radius 1 is 1.37 bits per heavy atom. The van der Waals surface area contributed by atoms with Crippen LogP contribution < -0.4 is 5.32 Å². The fourth-order valence-corrected chi connectivity index (χ4v) is 2.67. The molecule has 0 bridgehead atoms. The minimum absolute atomic E-state index is 0.0338. The van der Waals surface area contributed by atoms with E-state index in [1.165, 1.54) is 6.07 Å². The number of rotatable bonds is 5. The van der Waals surface area contributed by atoms with Gasteiger partial charge in [0.2, 0.25) is 0 Å².